The van der Waals surface area contributed by atoms with Gasteiger partial charge in [-0.05, 0) is 39.7 Å². The van der Waals surface area contributed by atoms with E-state index < -0.39 is 5.97 Å². The van der Waals surface area contributed by atoms with Gasteiger partial charge in [-0.3, -0.25) is 4.98 Å². The summed E-state index contributed by atoms with van der Waals surface area (Å²) < 4.78 is 6.31. The van der Waals surface area contributed by atoms with Crippen LogP contribution in [0.4, 0.5) is 0 Å². The van der Waals surface area contributed by atoms with Crippen molar-refractivity contribution >= 4 is 21.9 Å². The van der Waals surface area contributed by atoms with Crippen LogP contribution in [-0.4, -0.2) is 21.0 Å². The molecule has 6 heteroatoms. The maximum atomic E-state index is 10.8. The van der Waals surface area contributed by atoms with Crippen molar-refractivity contribution in [2.24, 2.45) is 0 Å². The van der Waals surface area contributed by atoms with Crippen LogP contribution in [0.25, 0.3) is 0 Å². The van der Waals surface area contributed by atoms with Gasteiger partial charge in [0.25, 0.3) is 0 Å². The molecule has 5 nitrogen and oxygen atoms in total. The molecule has 1 N–H and O–H groups in total. The van der Waals surface area contributed by atoms with E-state index in [2.05, 4.69) is 25.9 Å². The quantitative estimate of drug-likeness (QED) is 0.939. The Balaban J connectivity index is 2.06. The molecule has 0 aliphatic heterocycles. The van der Waals surface area contributed by atoms with E-state index in [1.165, 1.54) is 12.3 Å². The molecule has 0 aliphatic rings. The van der Waals surface area contributed by atoms with Gasteiger partial charge in [0, 0.05) is 16.9 Å². The van der Waals surface area contributed by atoms with E-state index in [9.17, 15) is 4.79 Å². The average Bonchev–Trinajstić information content (AvgIpc) is 2.37. The number of rotatable bonds is 4. The van der Waals surface area contributed by atoms with Crippen molar-refractivity contribution in [1.82, 2.24) is 9.97 Å². The third-order valence-electron chi connectivity index (χ3n) is 2.13. The van der Waals surface area contributed by atoms with Crippen LogP contribution in [-0.2, 0) is 6.61 Å². The number of nitrogens with zero attached hydrogens (tertiary/aromatic N) is 2. The number of halogens is 1. The molecule has 0 atom stereocenters. The second kappa shape index (κ2) is 5.59. The molecular weight excluding hydrogens is 300 g/mol. The first kappa shape index (κ1) is 12.5. The topological polar surface area (TPSA) is 72.3 Å². The fourth-order valence-corrected chi connectivity index (χ4v) is 1.66. The molecule has 0 saturated carbocycles. The fourth-order valence-electron chi connectivity index (χ4n) is 1.32. The molecular formula is C12H9BrN2O3. The zero-order valence-electron chi connectivity index (χ0n) is 9.21. The molecule has 0 amide bonds. The Bertz CT molecular complexity index is 575. The number of aromatic carboxylic acids is 1. The van der Waals surface area contributed by atoms with Crippen LogP contribution in [0.1, 0.15) is 16.1 Å². The molecule has 2 heterocycles. The largest absolute Gasteiger partial charge is 0.487 e. The van der Waals surface area contributed by atoms with Crippen molar-refractivity contribution in [2.75, 3.05) is 0 Å². The minimum Gasteiger partial charge on any atom is -0.487 e. The average molecular weight is 309 g/mol. The van der Waals surface area contributed by atoms with Gasteiger partial charge in [-0.25, -0.2) is 9.78 Å². The van der Waals surface area contributed by atoms with Gasteiger partial charge in [0.2, 0.25) is 0 Å². The molecule has 0 radical (unpaired) electrons. The summed E-state index contributed by atoms with van der Waals surface area (Å²) in [5.74, 6) is -0.445. The number of ether oxygens (including phenoxy) is 1. The van der Waals surface area contributed by atoms with Gasteiger partial charge < -0.3 is 9.84 Å². The van der Waals surface area contributed by atoms with Gasteiger partial charge in [0.1, 0.15) is 18.1 Å². The highest BCUT2D eigenvalue weighted by molar-refractivity contribution is 9.10. The molecule has 0 aromatic carbocycles. The zero-order valence-corrected chi connectivity index (χ0v) is 10.8. The summed E-state index contributed by atoms with van der Waals surface area (Å²) in [6.07, 6.45) is 4.69. The molecule has 0 fully saturated rings. The van der Waals surface area contributed by atoms with Crippen molar-refractivity contribution in [3.63, 3.8) is 0 Å². The van der Waals surface area contributed by atoms with E-state index >= 15 is 0 Å². The fraction of sp³-hybridized carbons (Fsp3) is 0.0833. The summed E-state index contributed by atoms with van der Waals surface area (Å²) in [5.41, 5.74) is 0.742. The normalized spacial score (nSPS) is 10.1. The van der Waals surface area contributed by atoms with E-state index in [1.807, 2.05) is 0 Å². The maximum absolute atomic E-state index is 10.8. The van der Waals surface area contributed by atoms with Crippen LogP contribution in [0.3, 0.4) is 0 Å². The molecule has 18 heavy (non-hydrogen) atoms. The van der Waals surface area contributed by atoms with Gasteiger partial charge in [0.15, 0.2) is 0 Å². The monoisotopic (exact) mass is 308 g/mol. The molecule has 2 rings (SSSR count). The predicted molar refractivity (Wildman–Crippen MR) is 67.5 cm³/mol. The van der Waals surface area contributed by atoms with Crippen molar-refractivity contribution in [1.29, 1.82) is 0 Å². The maximum Gasteiger partial charge on any atom is 0.354 e. The summed E-state index contributed by atoms with van der Waals surface area (Å²) in [6, 6.07) is 4.97. The minimum atomic E-state index is -1.05. The number of pyridine rings is 2. The zero-order chi connectivity index (χ0) is 13.0. The standard InChI is InChI=1S/C12H9BrN2O3/c13-9-4-10(6-14-5-9)18-7-8-1-2-15-11(3-8)12(16)17/h1-6H,7H2,(H,16,17). The molecule has 0 bridgehead atoms. The second-order valence-electron chi connectivity index (χ2n) is 3.48. The Labute approximate surface area is 112 Å². The highest BCUT2D eigenvalue weighted by Crippen LogP contribution is 2.17. The van der Waals surface area contributed by atoms with Crippen LogP contribution in [0.2, 0.25) is 0 Å². The Morgan fingerprint density at radius 2 is 2.22 bits per heavy atom. The summed E-state index contributed by atoms with van der Waals surface area (Å²) in [5, 5.41) is 8.81. The molecule has 0 aliphatic carbocycles. The van der Waals surface area contributed by atoms with E-state index in [0.29, 0.717) is 5.75 Å². The smallest absolute Gasteiger partial charge is 0.354 e. The highest BCUT2D eigenvalue weighted by Gasteiger charge is 2.05. The van der Waals surface area contributed by atoms with E-state index in [-0.39, 0.29) is 12.3 Å². The summed E-state index contributed by atoms with van der Waals surface area (Å²) in [4.78, 5) is 18.4. The first-order valence-electron chi connectivity index (χ1n) is 5.07. The number of hydrogen-bond acceptors (Lipinski definition) is 4. The van der Waals surface area contributed by atoms with Crippen molar-refractivity contribution in [3.05, 3.63) is 52.5 Å². The van der Waals surface area contributed by atoms with Gasteiger partial charge in [-0.15, -0.1) is 0 Å². The number of aromatic nitrogens is 2. The molecule has 92 valence electrons. The third-order valence-corrected chi connectivity index (χ3v) is 2.56. The van der Waals surface area contributed by atoms with Crippen molar-refractivity contribution in [3.8, 4) is 5.75 Å². The van der Waals surface area contributed by atoms with Crippen LogP contribution in [0, 0.1) is 0 Å². The lowest BCUT2D eigenvalue weighted by molar-refractivity contribution is 0.0690. The molecule has 0 unspecified atom stereocenters. The summed E-state index contributed by atoms with van der Waals surface area (Å²) >= 11 is 3.29. The predicted octanol–water partition coefficient (Wildman–Crippen LogP) is 2.52. The highest BCUT2D eigenvalue weighted by atomic mass is 79.9. The first-order valence-corrected chi connectivity index (χ1v) is 5.86. The molecule has 2 aromatic heterocycles. The number of carbonyl (C=O) groups is 1. The van der Waals surface area contributed by atoms with Crippen LogP contribution in [0.15, 0.2) is 41.3 Å². The minimum absolute atomic E-state index is 0.00321. The van der Waals surface area contributed by atoms with Crippen molar-refractivity contribution in [2.45, 2.75) is 6.61 Å². The molecule has 0 saturated heterocycles. The third kappa shape index (κ3) is 3.27. The number of carboxylic acid groups (broad SMARTS) is 1. The lowest BCUT2D eigenvalue weighted by Gasteiger charge is -2.06. The van der Waals surface area contributed by atoms with Crippen LogP contribution >= 0.6 is 15.9 Å². The van der Waals surface area contributed by atoms with Crippen LogP contribution < -0.4 is 4.74 Å². The van der Waals surface area contributed by atoms with Gasteiger partial charge in [-0.1, -0.05) is 0 Å². The Morgan fingerprint density at radius 1 is 1.39 bits per heavy atom. The van der Waals surface area contributed by atoms with E-state index in [0.717, 1.165) is 10.0 Å². The SMILES string of the molecule is O=C(O)c1cc(COc2cncc(Br)c2)ccn1. The Kier molecular flexibility index (Phi) is 3.88. The lowest BCUT2D eigenvalue weighted by atomic mass is 10.2. The Hall–Kier alpha value is -1.95. The summed E-state index contributed by atoms with van der Waals surface area (Å²) in [7, 11) is 0. The van der Waals surface area contributed by atoms with E-state index in [1.54, 1.807) is 24.5 Å². The van der Waals surface area contributed by atoms with Gasteiger partial charge >= 0.3 is 5.97 Å². The van der Waals surface area contributed by atoms with Gasteiger partial charge in [0.05, 0.1) is 6.20 Å². The number of carboxylic acids is 1. The Morgan fingerprint density at radius 3 is 2.94 bits per heavy atom. The summed E-state index contributed by atoms with van der Waals surface area (Å²) in [6.45, 7) is 0.265. The molecule has 2 aromatic rings. The van der Waals surface area contributed by atoms with E-state index in [4.69, 9.17) is 9.84 Å². The van der Waals surface area contributed by atoms with Crippen LogP contribution in [0.5, 0.6) is 5.75 Å². The molecule has 0 spiro atoms. The van der Waals surface area contributed by atoms with Gasteiger partial charge in [-0.2, -0.15) is 0 Å². The van der Waals surface area contributed by atoms with Crippen molar-refractivity contribution < 1.29 is 14.6 Å². The lowest BCUT2D eigenvalue weighted by Crippen LogP contribution is -2.03. The first-order chi connectivity index (χ1) is 8.65. The number of hydrogen-bond donors (Lipinski definition) is 1. The second-order valence-corrected chi connectivity index (χ2v) is 4.40.